The molecule has 1 aliphatic rings. The van der Waals surface area contributed by atoms with E-state index in [1.54, 1.807) is 4.57 Å². The SMILES string of the molecule is OCCC(F)(F)c1cn2c(n1)CCCC2. The Bertz CT molecular complexity index is 326. The van der Waals surface area contributed by atoms with Gasteiger partial charge in [-0.05, 0) is 12.8 Å². The van der Waals surface area contributed by atoms with E-state index in [1.807, 2.05) is 0 Å². The van der Waals surface area contributed by atoms with Crippen LogP contribution in [0.15, 0.2) is 6.20 Å². The standard InChI is InChI=1S/C10H14F2N2O/c11-10(12,4-6-15)8-7-14-5-2-1-3-9(14)13-8/h7,15H,1-6H2. The molecule has 0 unspecified atom stereocenters. The number of halogens is 2. The Morgan fingerprint density at radius 1 is 1.47 bits per heavy atom. The minimum Gasteiger partial charge on any atom is -0.396 e. The molecule has 5 heteroatoms. The number of aliphatic hydroxyl groups is 1. The summed E-state index contributed by atoms with van der Waals surface area (Å²) < 4.78 is 28.6. The first-order chi connectivity index (χ1) is 7.13. The second-order valence-corrected chi connectivity index (χ2v) is 3.87. The summed E-state index contributed by atoms with van der Waals surface area (Å²) in [5, 5.41) is 8.55. The molecule has 15 heavy (non-hydrogen) atoms. The van der Waals surface area contributed by atoms with Gasteiger partial charge in [-0.15, -0.1) is 0 Å². The quantitative estimate of drug-likeness (QED) is 0.835. The lowest BCUT2D eigenvalue weighted by Crippen LogP contribution is -2.15. The van der Waals surface area contributed by atoms with Crippen LogP contribution in [0, 0.1) is 0 Å². The van der Waals surface area contributed by atoms with E-state index in [9.17, 15) is 8.78 Å². The summed E-state index contributed by atoms with van der Waals surface area (Å²) in [4.78, 5) is 3.94. The first-order valence-corrected chi connectivity index (χ1v) is 5.19. The highest BCUT2D eigenvalue weighted by atomic mass is 19.3. The van der Waals surface area contributed by atoms with Gasteiger partial charge in [-0.3, -0.25) is 0 Å². The average molecular weight is 216 g/mol. The second kappa shape index (κ2) is 3.89. The van der Waals surface area contributed by atoms with Crippen LogP contribution in [-0.4, -0.2) is 21.3 Å². The van der Waals surface area contributed by atoms with E-state index in [1.165, 1.54) is 6.20 Å². The van der Waals surface area contributed by atoms with Crippen molar-refractivity contribution in [3.63, 3.8) is 0 Å². The molecular weight excluding hydrogens is 202 g/mol. The van der Waals surface area contributed by atoms with Gasteiger partial charge in [0.1, 0.15) is 11.5 Å². The zero-order chi connectivity index (χ0) is 10.9. The van der Waals surface area contributed by atoms with Crippen molar-refractivity contribution in [1.82, 2.24) is 9.55 Å². The Labute approximate surface area is 86.7 Å². The third kappa shape index (κ3) is 2.02. The Kier molecular flexibility index (Phi) is 2.73. The Morgan fingerprint density at radius 2 is 2.27 bits per heavy atom. The number of aryl methyl sites for hydroxylation is 2. The number of alkyl halides is 2. The fourth-order valence-corrected chi connectivity index (χ4v) is 1.86. The Morgan fingerprint density at radius 3 is 2.93 bits per heavy atom. The molecule has 1 aromatic rings. The number of aromatic nitrogens is 2. The molecule has 0 radical (unpaired) electrons. The Balaban J connectivity index is 2.25. The summed E-state index contributed by atoms with van der Waals surface area (Å²) in [7, 11) is 0. The monoisotopic (exact) mass is 216 g/mol. The third-order valence-corrected chi connectivity index (χ3v) is 2.71. The van der Waals surface area contributed by atoms with Gasteiger partial charge in [-0.25, -0.2) is 4.98 Å². The molecule has 1 aliphatic heterocycles. The van der Waals surface area contributed by atoms with Crippen LogP contribution in [0.5, 0.6) is 0 Å². The first kappa shape index (κ1) is 10.5. The van der Waals surface area contributed by atoms with Crippen LogP contribution in [-0.2, 0) is 18.9 Å². The smallest absolute Gasteiger partial charge is 0.293 e. The maximum atomic E-state index is 13.4. The van der Waals surface area contributed by atoms with Gasteiger partial charge in [0.25, 0.3) is 5.92 Å². The highest BCUT2D eigenvalue weighted by Crippen LogP contribution is 2.31. The summed E-state index contributed by atoms with van der Waals surface area (Å²) in [5.74, 6) is -2.26. The number of fused-ring (bicyclic) bond motifs is 1. The number of hydrogen-bond donors (Lipinski definition) is 1. The molecular formula is C10H14F2N2O. The van der Waals surface area contributed by atoms with E-state index in [2.05, 4.69) is 4.98 Å². The van der Waals surface area contributed by atoms with Gasteiger partial charge < -0.3 is 9.67 Å². The lowest BCUT2D eigenvalue weighted by molar-refractivity contribution is -0.0308. The van der Waals surface area contributed by atoms with Gasteiger partial charge in [0.15, 0.2) is 0 Å². The lowest BCUT2D eigenvalue weighted by Gasteiger charge is -2.12. The fourth-order valence-electron chi connectivity index (χ4n) is 1.86. The summed E-state index contributed by atoms with van der Waals surface area (Å²) >= 11 is 0. The molecule has 3 nitrogen and oxygen atoms in total. The van der Waals surface area contributed by atoms with Crippen LogP contribution in [0.3, 0.4) is 0 Å². The summed E-state index contributed by atoms with van der Waals surface area (Å²) in [6.07, 6.45) is 3.68. The molecule has 0 atom stereocenters. The van der Waals surface area contributed by atoms with Crippen LogP contribution in [0.1, 0.15) is 30.8 Å². The van der Waals surface area contributed by atoms with Crippen LogP contribution in [0.4, 0.5) is 8.78 Å². The Hall–Kier alpha value is -0.970. The normalized spacial score (nSPS) is 16.5. The summed E-state index contributed by atoms with van der Waals surface area (Å²) in [6, 6.07) is 0. The third-order valence-electron chi connectivity index (χ3n) is 2.71. The van der Waals surface area contributed by atoms with Crippen molar-refractivity contribution < 1.29 is 13.9 Å². The minimum atomic E-state index is -3.00. The van der Waals surface area contributed by atoms with Crippen LogP contribution in [0.2, 0.25) is 0 Å². The van der Waals surface area contributed by atoms with Crippen molar-refractivity contribution in [2.24, 2.45) is 0 Å². The number of rotatable bonds is 3. The molecule has 0 fully saturated rings. The molecule has 1 aromatic heterocycles. The van der Waals surface area contributed by atoms with Crippen LogP contribution < -0.4 is 0 Å². The number of hydrogen-bond acceptors (Lipinski definition) is 2. The molecule has 0 spiro atoms. The zero-order valence-corrected chi connectivity index (χ0v) is 8.42. The van der Waals surface area contributed by atoms with Crippen molar-refractivity contribution in [2.45, 2.75) is 38.2 Å². The van der Waals surface area contributed by atoms with Gasteiger partial charge in [-0.2, -0.15) is 8.78 Å². The molecule has 0 amide bonds. The fraction of sp³-hybridized carbons (Fsp3) is 0.700. The van der Waals surface area contributed by atoms with Crippen molar-refractivity contribution in [1.29, 1.82) is 0 Å². The van der Waals surface area contributed by atoms with E-state index >= 15 is 0 Å². The average Bonchev–Trinajstić information content (AvgIpc) is 2.61. The van der Waals surface area contributed by atoms with Crippen molar-refractivity contribution >= 4 is 0 Å². The van der Waals surface area contributed by atoms with E-state index in [0.717, 1.165) is 31.6 Å². The van der Waals surface area contributed by atoms with Crippen molar-refractivity contribution in [3.05, 3.63) is 17.7 Å². The predicted octanol–water partition coefficient (Wildman–Crippen LogP) is 1.69. The molecule has 2 heterocycles. The van der Waals surface area contributed by atoms with Crippen molar-refractivity contribution in [2.75, 3.05) is 6.61 Å². The van der Waals surface area contributed by atoms with Gasteiger partial charge >= 0.3 is 0 Å². The molecule has 0 aromatic carbocycles. The molecule has 0 saturated heterocycles. The minimum absolute atomic E-state index is 0.201. The molecule has 2 rings (SSSR count). The number of aliphatic hydroxyl groups excluding tert-OH is 1. The first-order valence-electron chi connectivity index (χ1n) is 5.19. The van der Waals surface area contributed by atoms with E-state index in [4.69, 9.17) is 5.11 Å². The van der Waals surface area contributed by atoms with Gasteiger partial charge in [0.2, 0.25) is 0 Å². The van der Waals surface area contributed by atoms with Crippen LogP contribution >= 0.6 is 0 Å². The van der Waals surface area contributed by atoms with E-state index in [-0.39, 0.29) is 5.69 Å². The summed E-state index contributed by atoms with van der Waals surface area (Å²) in [6.45, 7) is 0.257. The summed E-state index contributed by atoms with van der Waals surface area (Å²) in [5.41, 5.74) is -0.201. The van der Waals surface area contributed by atoms with Crippen LogP contribution in [0.25, 0.3) is 0 Å². The molecule has 0 aliphatic carbocycles. The highest BCUT2D eigenvalue weighted by Gasteiger charge is 2.34. The maximum absolute atomic E-state index is 13.4. The van der Waals surface area contributed by atoms with Gasteiger partial charge in [0.05, 0.1) is 0 Å². The van der Waals surface area contributed by atoms with Gasteiger partial charge in [-0.1, -0.05) is 0 Å². The highest BCUT2D eigenvalue weighted by molar-refractivity contribution is 5.11. The van der Waals surface area contributed by atoms with Crippen molar-refractivity contribution in [3.8, 4) is 0 Å². The largest absolute Gasteiger partial charge is 0.396 e. The maximum Gasteiger partial charge on any atom is 0.293 e. The lowest BCUT2D eigenvalue weighted by atomic mass is 10.2. The molecule has 0 bridgehead atoms. The second-order valence-electron chi connectivity index (χ2n) is 3.87. The van der Waals surface area contributed by atoms with E-state index < -0.39 is 19.0 Å². The number of imidazole rings is 1. The zero-order valence-electron chi connectivity index (χ0n) is 8.42. The topological polar surface area (TPSA) is 38.0 Å². The predicted molar refractivity (Wildman–Crippen MR) is 50.8 cm³/mol. The number of nitrogens with zero attached hydrogens (tertiary/aromatic N) is 2. The van der Waals surface area contributed by atoms with Gasteiger partial charge in [0, 0.05) is 32.2 Å². The molecule has 1 N–H and O–H groups in total. The van der Waals surface area contributed by atoms with E-state index in [0.29, 0.717) is 0 Å². The molecule has 84 valence electrons. The molecule has 0 saturated carbocycles.